The van der Waals surface area contributed by atoms with Crippen LogP contribution >= 0.6 is 25.0 Å². The average Bonchev–Trinajstić information content (AvgIpc) is 3.03. The highest BCUT2D eigenvalue weighted by Crippen LogP contribution is 2.70. The molecule has 0 bridgehead atoms. The summed E-state index contributed by atoms with van der Waals surface area (Å²) < 4.78 is 28.0. The summed E-state index contributed by atoms with van der Waals surface area (Å²) in [6.07, 6.45) is 0. The van der Waals surface area contributed by atoms with Crippen molar-refractivity contribution >= 4 is 25.0 Å². The normalized spacial score (nSPS) is 19.0. The summed E-state index contributed by atoms with van der Waals surface area (Å²) in [5, 5.41) is 0. The van der Waals surface area contributed by atoms with Gasteiger partial charge in [-0.05, 0) is 60.7 Å². The van der Waals surface area contributed by atoms with Gasteiger partial charge in [0.2, 0.25) is 8.09 Å². The Hall–Kier alpha value is -3.89. The number of nitrogens with zero attached hydrogens (tertiary/aromatic N) is 3. The van der Waals surface area contributed by atoms with Gasteiger partial charge in [-0.15, -0.1) is 0 Å². The van der Waals surface area contributed by atoms with Crippen molar-refractivity contribution in [2.75, 3.05) is 0 Å². The third-order valence-electron chi connectivity index (χ3n) is 5.46. The molecule has 0 aromatic heterocycles. The molecule has 5 aromatic carbocycles. The third-order valence-corrected chi connectivity index (χ3v) is 11.5. The Bertz CT molecular complexity index is 1540. The Kier molecular flexibility index (Phi) is 9.08. The molecule has 0 aliphatic carbocycles. The first kappa shape index (κ1) is 27.3. The van der Waals surface area contributed by atoms with Gasteiger partial charge in [0, 0.05) is 9.21 Å². The summed E-state index contributed by atoms with van der Waals surface area (Å²) >= 11 is 0. The fourth-order valence-corrected chi connectivity index (χ4v) is 10.2. The summed E-state index contributed by atoms with van der Waals surface area (Å²) in [4.78, 5) is 13.0. The van der Waals surface area contributed by atoms with Gasteiger partial charge in [-0.25, -0.2) is 0 Å². The molecular weight excluding hydrogens is 575 g/mol. The van der Waals surface area contributed by atoms with Crippen LogP contribution in [0.4, 0.5) is 0 Å². The van der Waals surface area contributed by atoms with Crippen molar-refractivity contribution in [3.63, 3.8) is 0 Å². The molecule has 11 heteroatoms. The van der Waals surface area contributed by atoms with Gasteiger partial charge in [0.15, 0.2) is 0 Å². The van der Waals surface area contributed by atoms with Crippen LogP contribution in [0.15, 0.2) is 156 Å². The zero-order valence-corrected chi connectivity index (χ0v) is 24.5. The van der Waals surface area contributed by atoms with Gasteiger partial charge in [0.1, 0.15) is 28.7 Å². The summed E-state index contributed by atoms with van der Waals surface area (Å²) in [5.74, 6) is 3.17. The van der Waals surface area contributed by atoms with Crippen LogP contribution in [0.5, 0.6) is 28.7 Å². The molecule has 0 N–H and O–H groups in total. The molecule has 0 radical (unpaired) electrons. The van der Waals surface area contributed by atoms with Crippen LogP contribution in [0.2, 0.25) is 0 Å². The lowest BCUT2D eigenvalue weighted by Gasteiger charge is -2.40. The Morgan fingerprint density at radius 3 is 1.39 bits per heavy atom. The van der Waals surface area contributed by atoms with E-state index in [0.717, 1.165) is 0 Å². The van der Waals surface area contributed by atoms with Crippen LogP contribution in [0.25, 0.3) is 0 Å². The van der Waals surface area contributed by atoms with Crippen LogP contribution in [-0.2, 0) is 0 Å². The minimum Gasteiger partial charge on any atom is -0.446 e. The molecule has 41 heavy (non-hydrogen) atoms. The molecule has 0 amide bonds. The molecule has 5 aromatic rings. The van der Waals surface area contributed by atoms with E-state index in [9.17, 15) is 0 Å². The third kappa shape index (κ3) is 7.25. The van der Waals surface area contributed by atoms with Crippen molar-refractivity contribution in [3.05, 3.63) is 152 Å². The molecule has 0 fully saturated rings. The van der Waals surface area contributed by atoms with E-state index < -0.39 is 25.0 Å². The van der Waals surface area contributed by atoms with Crippen molar-refractivity contribution in [3.8, 4) is 28.7 Å². The predicted molar refractivity (Wildman–Crippen MR) is 164 cm³/mol. The molecule has 3 atom stereocenters. The molecule has 3 unspecified atom stereocenters. The quantitative estimate of drug-likeness (QED) is 0.148. The van der Waals surface area contributed by atoms with Crippen LogP contribution in [0.1, 0.15) is 0 Å². The van der Waals surface area contributed by atoms with Gasteiger partial charge in [-0.2, -0.15) is 4.52 Å². The van der Waals surface area contributed by atoms with Crippen molar-refractivity contribution in [2.24, 2.45) is 4.52 Å². The standard InChI is InChI=1S/C30H26N3O5P3/c1-6-16-26(17-7-1)34-32-39(36-28-20-10-3-11-21-28)31-40(37-29-22-12-4-13-23-29)33(35-27-18-8-2-9-19-27)41(32)38-30-24-14-5-15-25-30/h1-25,39H. The highest BCUT2D eigenvalue weighted by Gasteiger charge is 2.48. The molecule has 1 aliphatic rings. The zero-order valence-electron chi connectivity index (χ0n) is 21.7. The fraction of sp³-hybridized carbons (Fsp3) is 0. The van der Waals surface area contributed by atoms with E-state index in [4.69, 9.17) is 27.8 Å². The largest absolute Gasteiger partial charge is 0.446 e. The molecule has 0 saturated carbocycles. The Balaban J connectivity index is 1.46. The Morgan fingerprint density at radius 1 is 0.463 bits per heavy atom. The zero-order chi connectivity index (χ0) is 27.7. The Labute approximate surface area is 242 Å². The van der Waals surface area contributed by atoms with E-state index in [1.807, 2.05) is 152 Å². The molecule has 0 saturated heterocycles. The molecule has 1 heterocycles. The fourth-order valence-electron chi connectivity index (χ4n) is 3.59. The van der Waals surface area contributed by atoms with Crippen LogP contribution in [0.3, 0.4) is 0 Å². The van der Waals surface area contributed by atoms with Crippen LogP contribution in [-0.4, -0.2) is 9.21 Å². The van der Waals surface area contributed by atoms with E-state index in [1.54, 1.807) is 9.21 Å². The van der Waals surface area contributed by atoms with Crippen molar-refractivity contribution in [1.82, 2.24) is 9.21 Å². The summed E-state index contributed by atoms with van der Waals surface area (Å²) in [5.41, 5.74) is 0. The lowest BCUT2D eigenvalue weighted by Crippen LogP contribution is -2.32. The van der Waals surface area contributed by atoms with Crippen LogP contribution < -0.4 is 23.2 Å². The topological polar surface area (TPSA) is 65.0 Å². The maximum absolute atomic E-state index is 6.65. The highest BCUT2D eigenvalue weighted by molar-refractivity contribution is 7.74. The van der Waals surface area contributed by atoms with Gasteiger partial charge in [0.25, 0.3) is 0 Å². The maximum atomic E-state index is 6.65. The van der Waals surface area contributed by atoms with Crippen molar-refractivity contribution in [1.29, 1.82) is 0 Å². The van der Waals surface area contributed by atoms with Gasteiger partial charge in [0.05, 0.1) is 0 Å². The molecule has 6 rings (SSSR count). The highest BCUT2D eigenvalue weighted by atomic mass is 31.3. The SMILES string of the molecule is c1ccc(ON2P(Oc3ccccc3)N=[PH](Oc3ccccc3)N(Oc3ccccc3)P2Oc2ccccc2)cc1. The Morgan fingerprint density at radius 2 is 0.878 bits per heavy atom. The second-order valence-corrected chi connectivity index (χ2v) is 13.6. The van der Waals surface area contributed by atoms with Gasteiger partial charge < -0.3 is 23.2 Å². The minimum absolute atomic E-state index is 0.607. The van der Waals surface area contributed by atoms with E-state index in [2.05, 4.69) is 0 Å². The second-order valence-electron chi connectivity index (χ2n) is 8.45. The first-order valence-electron chi connectivity index (χ1n) is 12.8. The summed E-state index contributed by atoms with van der Waals surface area (Å²) in [6.45, 7) is 0. The number of hydrogen-bond donors (Lipinski definition) is 0. The first-order valence-corrected chi connectivity index (χ1v) is 16.4. The van der Waals surface area contributed by atoms with E-state index in [0.29, 0.717) is 28.7 Å². The number of hydrogen-bond acceptors (Lipinski definition) is 8. The van der Waals surface area contributed by atoms with Crippen molar-refractivity contribution < 1.29 is 23.2 Å². The lowest BCUT2D eigenvalue weighted by atomic mass is 10.3. The van der Waals surface area contributed by atoms with Gasteiger partial charge >= 0.3 is 16.9 Å². The number of benzene rings is 5. The number of para-hydroxylation sites is 5. The average molecular weight is 601 g/mol. The molecule has 0 spiro atoms. The van der Waals surface area contributed by atoms with Gasteiger partial charge in [-0.3, -0.25) is 0 Å². The predicted octanol–water partition coefficient (Wildman–Crippen LogP) is 9.51. The summed E-state index contributed by atoms with van der Waals surface area (Å²) in [6, 6.07) is 47.6. The van der Waals surface area contributed by atoms with E-state index >= 15 is 0 Å². The summed E-state index contributed by atoms with van der Waals surface area (Å²) in [7, 11) is -5.88. The molecule has 8 nitrogen and oxygen atoms in total. The lowest BCUT2D eigenvalue weighted by molar-refractivity contribution is 0.0650. The first-order chi connectivity index (χ1) is 20.3. The molecule has 206 valence electrons. The molecular formula is C30H26N3O5P3. The van der Waals surface area contributed by atoms with Crippen LogP contribution in [0, 0.1) is 0 Å². The molecule has 1 aliphatic heterocycles. The van der Waals surface area contributed by atoms with Crippen molar-refractivity contribution in [2.45, 2.75) is 0 Å². The van der Waals surface area contributed by atoms with E-state index in [1.165, 1.54) is 0 Å². The number of rotatable bonds is 10. The van der Waals surface area contributed by atoms with E-state index in [-0.39, 0.29) is 0 Å². The second kappa shape index (κ2) is 13.6. The minimum atomic E-state index is -2.27. The smallest absolute Gasteiger partial charge is 0.345 e. The monoisotopic (exact) mass is 601 g/mol. The van der Waals surface area contributed by atoms with Gasteiger partial charge in [-0.1, -0.05) is 91.0 Å². The maximum Gasteiger partial charge on any atom is 0.345 e.